The molecule has 6 heteroatoms. The molecule has 0 atom stereocenters. The summed E-state index contributed by atoms with van der Waals surface area (Å²) in [6, 6.07) is 0. The van der Waals surface area contributed by atoms with Crippen molar-refractivity contribution in [2.75, 3.05) is 5.73 Å². The molecule has 0 bridgehead atoms. The van der Waals surface area contributed by atoms with E-state index in [2.05, 4.69) is 9.97 Å². The number of anilines is 1. The topological polar surface area (TPSA) is 109 Å². The first-order valence-electron chi connectivity index (χ1n) is 5.15. The lowest BCUT2D eigenvalue weighted by molar-refractivity contribution is -0.136. The summed E-state index contributed by atoms with van der Waals surface area (Å²) >= 11 is 0. The minimum Gasteiger partial charge on any atom is -0.481 e. The SMILES string of the molecule is Nc1nc(CC(=O)O)c(CC2CC2)c(=O)[nH]1. The number of carboxylic acids is 1. The van der Waals surface area contributed by atoms with Crippen molar-refractivity contribution in [3.05, 3.63) is 21.6 Å². The fourth-order valence-electron chi connectivity index (χ4n) is 1.67. The monoisotopic (exact) mass is 223 g/mol. The van der Waals surface area contributed by atoms with Gasteiger partial charge in [-0.2, -0.15) is 0 Å². The van der Waals surface area contributed by atoms with Gasteiger partial charge in [0.05, 0.1) is 12.1 Å². The van der Waals surface area contributed by atoms with Gasteiger partial charge >= 0.3 is 5.97 Å². The summed E-state index contributed by atoms with van der Waals surface area (Å²) in [4.78, 5) is 28.6. The summed E-state index contributed by atoms with van der Waals surface area (Å²) in [5.41, 5.74) is 5.84. The zero-order valence-corrected chi connectivity index (χ0v) is 8.69. The average Bonchev–Trinajstić information content (AvgIpc) is 2.93. The van der Waals surface area contributed by atoms with Crippen molar-refractivity contribution in [1.29, 1.82) is 0 Å². The molecule has 0 amide bonds. The van der Waals surface area contributed by atoms with Crippen molar-refractivity contribution in [1.82, 2.24) is 9.97 Å². The summed E-state index contributed by atoms with van der Waals surface area (Å²) in [7, 11) is 0. The summed E-state index contributed by atoms with van der Waals surface area (Å²) in [6.07, 6.45) is 2.54. The molecule has 0 saturated heterocycles. The predicted octanol–water partition coefficient (Wildman–Crippen LogP) is -0.0683. The van der Waals surface area contributed by atoms with Gasteiger partial charge in [0.25, 0.3) is 5.56 Å². The molecule has 0 aliphatic heterocycles. The van der Waals surface area contributed by atoms with E-state index in [0.717, 1.165) is 12.8 Å². The van der Waals surface area contributed by atoms with Gasteiger partial charge in [0, 0.05) is 5.56 Å². The van der Waals surface area contributed by atoms with E-state index in [-0.39, 0.29) is 17.9 Å². The van der Waals surface area contributed by atoms with Gasteiger partial charge < -0.3 is 10.8 Å². The molecule has 6 nitrogen and oxygen atoms in total. The van der Waals surface area contributed by atoms with Crippen LogP contribution in [0.5, 0.6) is 0 Å². The summed E-state index contributed by atoms with van der Waals surface area (Å²) in [6.45, 7) is 0. The zero-order valence-electron chi connectivity index (χ0n) is 8.69. The van der Waals surface area contributed by atoms with E-state index in [9.17, 15) is 9.59 Å². The van der Waals surface area contributed by atoms with Crippen LogP contribution in [0, 0.1) is 5.92 Å². The summed E-state index contributed by atoms with van der Waals surface area (Å²) in [5, 5.41) is 8.73. The van der Waals surface area contributed by atoms with Crippen LogP contribution in [0.15, 0.2) is 4.79 Å². The molecule has 1 fully saturated rings. The number of aromatic nitrogens is 2. The minimum absolute atomic E-state index is 0.0270. The second kappa shape index (κ2) is 3.96. The van der Waals surface area contributed by atoms with Crippen molar-refractivity contribution in [2.24, 2.45) is 5.92 Å². The van der Waals surface area contributed by atoms with Crippen LogP contribution in [0.1, 0.15) is 24.1 Å². The Morgan fingerprint density at radius 3 is 2.81 bits per heavy atom. The van der Waals surface area contributed by atoms with Crippen LogP contribution in [-0.4, -0.2) is 21.0 Å². The molecule has 0 radical (unpaired) electrons. The Balaban J connectivity index is 2.36. The van der Waals surface area contributed by atoms with Gasteiger partial charge in [-0.3, -0.25) is 14.6 Å². The molecule has 1 heterocycles. The van der Waals surface area contributed by atoms with Gasteiger partial charge in [0.1, 0.15) is 0 Å². The summed E-state index contributed by atoms with van der Waals surface area (Å²) in [5.74, 6) is -0.533. The van der Waals surface area contributed by atoms with E-state index in [1.54, 1.807) is 0 Å². The van der Waals surface area contributed by atoms with Crippen molar-refractivity contribution in [3.63, 3.8) is 0 Å². The first-order chi connectivity index (χ1) is 7.56. The van der Waals surface area contributed by atoms with Crippen molar-refractivity contribution in [2.45, 2.75) is 25.7 Å². The fourth-order valence-corrected chi connectivity index (χ4v) is 1.67. The van der Waals surface area contributed by atoms with Gasteiger partial charge in [-0.15, -0.1) is 0 Å². The number of rotatable bonds is 4. The first-order valence-corrected chi connectivity index (χ1v) is 5.15. The van der Waals surface area contributed by atoms with Crippen LogP contribution in [0.3, 0.4) is 0 Å². The lowest BCUT2D eigenvalue weighted by atomic mass is 10.1. The molecule has 0 unspecified atom stereocenters. The fraction of sp³-hybridized carbons (Fsp3) is 0.500. The molecule has 1 aromatic heterocycles. The van der Waals surface area contributed by atoms with Gasteiger partial charge in [-0.05, 0) is 25.2 Å². The third-order valence-corrected chi connectivity index (χ3v) is 2.63. The van der Waals surface area contributed by atoms with Gasteiger partial charge in [0.2, 0.25) is 5.95 Å². The van der Waals surface area contributed by atoms with Crippen LogP contribution in [0.25, 0.3) is 0 Å². The Morgan fingerprint density at radius 2 is 2.25 bits per heavy atom. The van der Waals surface area contributed by atoms with Crippen LogP contribution >= 0.6 is 0 Å². The second-order valence-corrected chi connectivity index (χ2v) is 4.09. The highest BCUT2D eigenvalue weighted by atomic mass is 16.4. The second-order valence-electron chi connectivity index (χ2n) is 4.09. The molecule has 4 N–H and O–H groups in total. The van der Waals surface area contributed by atoms with Crippen LogP contribution in [-0.2, 0) is 17.6 Å². The number of hydrogen-bond donors (Lipinski definition) is 3. The molecule has 0 aromatic carbocycles. The molecule has 0 spiro atoms. The number of H-pyrrole nitrogens is 1. The van der Waals surface area contributed by atoms with Gasteiger partial charge in [-0.25, -0.2) is 4.98 Å². The number of carbonyl (C=O) groups is 1. The van der Waals surface area contributed by atoms with Crippen LogP contribution in [0.4, 0.5) is 5.95 Å². The van der Waals surface area contributed by atoms with E-state index in [4.69, 9.17) is 10.8 Å². The zero-order chi connectivity index (χ0) is 11.7. The summed E-state index contributed by atoms with van der Waals surface area (Å²) < 4.78 is 0. The molecule has 16 heavy (non-hydrogen) atoms. The Labute approximate surface area is 91.5 Å². The number of nitrogens with two attached hydrogens (primary N) is 1. The number of nitrogens with one attached hydrogen (secondary N) is 1. The third-order valence-electron chi connectivity index (χ3n) is 2.63. The maximum absolute atomic E-state index is 11.6. The third kappa shape index (κ3) is 2.39. The lowest BCUT2D eigenvalue weighted by Crippen LogP contribution is -2.22. The highest BCUT2D eigenvalue weighted by molar-refractivity contribution is 5.70. The van der Waals surface area contributed by atoms with Crippen molar-refractivity contribution in [3.8, 4) is 0 Å². The van der Waals surface area contributed by atoms with Crippen LogP contribution < -0.4 is 11.3 Å². The predicted molar refractivity (Wildman–Crippen MR) is 57.0 cm³/mol. The Bertz CT molecular complexity index is 477. The Kier molecular flexibility index (Phi) is 2.64. The molecule has 1 saturated carbocycles. The smallest absolute Gasteiger partial charge is 0.309 e. The van der Waals surface area contributed by atoms with E-state index < -0.39 is 5.97 Å². The van der Waals surface area contributed by atoms with Crippen LogP contribution in [0.2, 0.25) is 0 Å². The molecular formula is C10H13N3O3. The van der Waals surface area contributed by atoms with Gasteiger partial charge in [0.15, 0.2) is 0 Å². The Morgan fingerprint density at radius 1 is 1.56 bits per heavy atom. The van der Waals surface area contributed by atoms with Gasteiger partial charge in [-0.1, -0.05) is 0 Å². The normalized spacial score (nSPS) is 15.0. The highest BCUT2D eigenvalue weighted by Gasteiger charge is 2.25. The number of aliphatic carboxylic acids is 1. The van der Waals surface area contributed by atoms with E-state index in [1.807, 2.05) is 0 Å². The van der Waals surface area contributed by atoms with E-state index >= 15 is 0 Å². The molecule has 2 rings (SSSR count). The molecule has 1 aromatic rings. The average molecular weight is 223 g/mol. The highest BCUT2D eigenvalue weighted by Crippen LogP contribution is 2.32. The number of nitrogens with zero attached hydrogens (tertiary/aromatic N) is 1. The number of aromatic amines is 1. The van der Waals surface area contributed by atoms with Crippen molar-refractivity contribution >= 4 is 11.9 Å². The van der Waals surface area contributed by atoms with E-state index in [0.29, 0.717) is 23.6 Å². The molecule has 86 valence electrons. The van der Waals surface area contributed by atoms with Crippen molar-refractivity contribution < 1.29 is 9.90 Å². The standard InChI is InChI=1S/C10H13N3O3/c11-10-12-7(4-8(14)15)6(9(16)13-10)3-5-1-2-5/h5H,1-4H2,(H,14,15)(H3,11,12,13,16). The quantitative estimate of drug-likeness (QED) is 0.662. The largest absolute Gasteiger partial charge is 0.481 e. The maximum Gasteiger partial charge on any atom is 0.309 e. The first kappa shape index (κ1) is 10.7. The number of hydrogen-bond acceptors (Lipinski definition) is 4. The molecule has 1 aliphatic carbocycles. The lowest BCUT2D eigenvalue weighted by Gasteiger charge is -2.05. The molecular weight excluding hydrogens is 210 g/mol. The number of nitrogen functional groups attached to an aromatic ring is 1. The minimum atomic E-state index is -1.01. The molecule has 1 aliphatic rings. The Hall–Kier alpha value is -1.85. The number of carboxylic acid groups (broad SMARTS) is 1. The van der Waals surface area contributed by atoms with E-state index in [1.165, 1.54) is 0 Å². The maximum atomic E-state index is 11.6.